The van der Waals surface area contributed by atoms with Crippen molar-refractivity contribution in [1.82, 2.24) is 10.0 Å². The van der Waals surface area contributed by atoms with Crippen LogP contribution in [-0.4, -0.2) is 35.2 Å². The average Bonchev–Trinajstić information content (AvgIpc) is 2.43. The van der Waals surface area contributed by atoms with Crippen LogP contribution < -0.4 is 14.8 Å². The van der Waals surface area contributed by atoms with Gasteiger partial charge in [0.2, 0.25) is 10.0 Å². The molecule has 0 amide bonds. The maximum atomic E-state index is 12.1. The second-order valence-corrected chi connectivity index (χ2v) is 7.12. The standard InChI is InChI=1S/C15H26N2O3S/c1-13(2)9-11-17-21(18,19)15-7-5-14(6-8-15)20-12-4-10-16-3/h5-8,13,16-17H,4,9-12H2,1-3H3. The van der Waals surface area contributed by atoms with E-state index in [0.29, 0.717) is 24.8 Å². The van der Waals surface area contributed by atoms with E-state index in [0.717, 1.165) is 19.4 Å². The van der Waals surface area contributed by atoms with E-state index in [1.54, 1.807) is 24.3 Å². The molecular formula is C15H26N2O3S. The average molecular weight is 314 g/mol. The highest BCUT2D eigenvalue weighted by atomic mass is 32.2. The van der Waals surface area contributed by atoms with E-state index >= 15 is 0 Å². The van der Waals surface area contributed by atoms with E-state index in [2.05, 4.69) is 23.9 Å². The predicted octanol–water partition coefficient (Wildman–Crippen LogP) is 2.00. The van der Waals surface area contributed by atoms with Crippen LogP contribution in [0.25, 0.3) is 0 Å². The van der Waals surface area contributed by atoms with E-state index in [4.69, 9.17) is 4.74 Å². The number of sulfonamides is 1. The van der Waals surface area contributed by atoms with Gasteiger partial charge in [-0.25, -0.2) is 13.1 Å². The van der Waals surface area contributed by atoms with Crippen LogP contribution in [0.1, 0.15) is 26.7 Å². The normalized spacial score (nSPS) is 11.8. The lowest BCUT2D eigenvalue weighted by Crippen LogP contribution is -2.25. The number of nitrogens with one attached hydrogen (secondary N) is 2. The highest BCUT2D eigenvalue weighted by Crippen LogP contribution is 2.16. The summed E-state index contributed by atoms with van der Waals surface area (Å²) in [6.07, 6.45) is 1.74. The molecule has 0 heterocycles. The molecule has 2 N–H and O–H groups in total. The summed E-state index contributed by atoms with van der Waals surface area (Å²) in [5, 5.41) is 3.04. The summed E-state index contributed by atoms with van der Waals surface area (Å²) in [7, 11) is -1.52. The first-order chi connectivity index (χ1) is 9.95. The SMILES string of the molecule is CNCCCOc1ccc(S(=O)(=O)NCCC(C)C)cc1. The number of ether oxygens (including phenoxy) is 1. The van der Waals surface area contributed by atoms with E-state index in [9.17, 15) is 8.42 Å². The second-order valence-electron chi connectivity index (χ2n) is 5.36. The third kappa shape index (κ3) is 6.93. The van der Waals surface area contributed by atoms with E-state index in [-0.39, 0.29) is 4.90 Å². The molecule has 21 heavy (non-hydrogen) atoms. The van der Waals surface area contributed by atoms with E-state index < -0.39 is 10.0 Å². The minimum atomic E-state index is -3.42. The minimum absolute atomic E-state index is 0.272. The van der Waals surface area contributed by atoms with Crippen molar-refractivity contribution in [3.05, 3.63) is 24.3 Å². The first-order valence-electron chi connectivity index (χ1n) is 7.33. The zero-order valence-electron chi connectivity index (χ0n) is 13.1. The monoisotopic (exact) mass is 314 g/mol. The molecule has 1 aromatic carbocycles. The first kappa shape index (κ1) is 17.9. The van der Waals surface area contributed by atoms with Crippen molar-refractivity contribution in [2.24, 2.45) is 5.92 Å². The summed E-state index contributed by atoms with van der Waals surface area (Å²) in [4.78, 5) is 0.272. The fourth-order valence-electron chi connectivity index (χ4n) is 1.72. The van der Waals surface area contributed by atoms with Gasteiger partial charge >= 0.3 is 0 Å². The molecule has 0 atom stereocenters. The van der Waals surface area contributed by atoms with Crippen LogP contribution in [-0.2, 0) is 10.0 Å². The molecular weight excluding hydrogens is 288 g/mol. The molecule has 0 bridgehead atoms. The van der Waals surface area contributed by atoms with Crippen molar-refractivity contribution in [2.45, 2.75) is 31.6 Å². The van der Waals surface area contributed by atoms with Crippen molar-refractivity contribution in [3.8, 4) is 5.75 Å². The van der Waals surface area contributed by atoms with Gasteiger partial charge in [-0.1, -0.05) is 13.8 Å². The Morgan fingerprint density at radius 1 is 1.14 bits per heavy atom. The molecule has 0 aliphatic carbocycles. The summed E-state index contributed by atoms with van der Waals surface area (Å²) < 4.78 is 32.3. The van der Waals surface area contributed by atoms with Crippen LogP contribution in [0.4, 0.5) is 0 Å². The Kier molecular flexibility index (Phi) is 7.71. The van der Waals surface area contributed by atoms with Crippen LogP contribution >= 0.6 is 0 Å². The van der Waals surface area contributed by atoms with Gasteiger partial charge in [0.05, 0.1) is 11.5 Å². The summed E-state index contributed by atoms with van der Waals surface area (Å²) >= 11 is 0. The molecule has 0 radical (unpaired) electrons. The largest absolute Gasteiger partial charge is 0.494 e. The summed E-state index contributed by atoms with van der Waals surface area (Å²) in [6.45, 7) is 6.09. The first-order valence-corrected chi connectivity index (χ1v) is 8.81. The van der Waals surface area contributed by atoms with Crippen molar-refractivity contribution >= 4 is 10.0 Å². The maximum Gasteiger partial charge on any atom is 0.240 e. The smallest absolute Gasteiger partial charge is 0.240 e. The van der Waals surface area contributed by atoms with E-state index in [1.165, 1.54) is 0 Å². The topological polar surface area (TPSA) is 67.4 Å². The zero-order chi connectivity index (χ0) is 15.7. The Morgan fingerprint density at radius 2 is 1.81 bits per heavy atom. The molecule has 0 spiro atoms. The third-order valence-electron chi connectivity index (χ3n) is 2.99. The molecule has 0 unspecified atom stereocenters. The minimum Gasteiger partial charge on any atom is -0.494 e. The fraction of sp³-hybridized carbons (Fsp3) is 0.600. The van der Waals surface area contributed by atoms with Crippen LogP contribution in [0.2, 0.25) is 0 Å². The van der Waals surface area contributed by atoms with Crippen LogP contribution in [0.3, 0.4) is 0 Å². The Balaban J connectivity index is 2.52. The Bertz CT molecular complexity index is 498. The van der Waals surface area contributed by atoms with Crippen molar-refractivity contribution < 1.29 is 13.2 Å². The van der Waals surface area contributed by atoms with Crippen molar-refractivity contribution in [2.75, 3.05) is 26.7 Å². The van der Waals surface area contributed by atoms with Crippen LogP contribution in [0.5, 0.6) is 5.75 Å². The number of benzene rings is 1. The summed E-state index contributed by atoms with van der Waals surface area (Å²) in [5.74, 6) is 1.16. The molecule has 1 rings (SSSR count). The number of hydrogen-bond donors (Lipinski definition) is 2. The molecule has 0 fully saturated rings. The highest BCUT2D eigenvalue weighted by molar-refractivity contribution is 7.89. The lowest BCUT2D eigenvalue weighted by atomic mass is 10.1. The Labute approximate surface area is 128 Å². The van der Waals surface area contributed by atoms with E-state index in [1.807, 2.05) is 7.05 Å². The predicted molar refractivity (Wildman–Crippen MR) is 85.1 cm³/mol. The quantitative estimate of drug-likeness (QED) is 0.648. The Morgan fingerprint density at radius 3 is 2.38 bits per heavy atom. The van der Waals surface area contributed by atoms with Gasteiger partial charge in [-0.2, -0.15) is 0 Å². The highest BCUT2D eigenvalue weighted by Gasteiger charge is 2.13. The van der Waals surface area contributed by atoms with Crippen molar-refractivity contribution in [3.63, 3.8) is 0 Å². The van der Waals surface area contributed by atoms with Gasteiger partial charge < -0.3 is 10.1 Å². The molecule has 5 nitrogen and oxygen atoms in total. The molecule has 120 valence electrons. The van der Waals surface area contributed by atoms with Gasteiger partial charge in [0.25, 0.3) is 0 Å². The summed E-state index contributed by atoms with van der Waals surface area (Å²) in [6, 6.07) is 6.53. The van der Waals surface area contributed by atoms with Gasteiger partial charge in [-0.3, -0.25) is 0 Å². The summed E-state index contributed by atoms with van der Waals surface area (Å²) in [5.41, 5.74) is 0. The molecule has 1 aromatic rings. The Hall–Kier alpha value is -1.11. The third-order valence-corrected chi connectivity index (χ3v) is 4.46. The lowest BCUT2D eigenvalue weighted by Gasteiger charge is -2.10. The molecule has 0 saturated carbocycles. The molecule has 0 aliphatic rings. The van der Waals surface area contributed by atoms with Gasteiger partial charge in [0, 0.05) is 6.54 Å². The molecule has 0 saturated heterocycles. The second kappa shape index (κ2) is 9.02. The number of hydrogen-bond acceptors (Lipinski definition) is 4. The van der Waals surface area contributed by atoms with Gasteiger partial charge in [0.1, 0.15) is 5.75 Å². The van der Waals surface area contributed by atoms with Crippen LogP contribution in [0.15, 0.2) is 29.2 Å². The molecule has 0 aliphatic heterocycles. The van der Waals surface area contributed by atoms with Crippen molar-refractivity contribution in [1.29, 1.82) is 0 Å². The van der Waals surface area contributed by atoms with Gasteiger partial charge in [-0.05, 0) is 56.6 Å². The molecule has 6 heteroatoms. The zero-order valence-corrected chi connectivity index (χ0v) is 13.9. The lowest BCUT2D eigenvalue weighted by molar-refractivity contribution is 0.309. The van der Waals surface area contributed by atoms with Gasteiger partial charge in [0.15, 0.2) is 0 Å². The fourth-order valence-corrected chi connectivity index (χ4v) is 2.77. The number of rotatable bonds is 10. The van der Waals surface area contributed by atoms with Crippen LogP contribution in [0, 0.1) is 5.92 Å². The maximum absolute atomic E-state index is 12.1. The van der Waals surface area contributed by atoms with Gasteiger partial charge in [-0.15, -0.1) is 0 Å². The molecule has 0 aromatic heterocycles.